The van der Waals surface area contributed by atoms with Crippen molar-refractivity contribution >= 4 is 54.9 Å². The molecule has 1 fully saturated rings. The first-order valence-corrected chi connectivity index (χ1v) is 13.0. The fourth-order valence-corrected chi connectivity index (χ4v) is 6.07. The predicted octanol–water partition coefficient (Wildman–Crippen LogP) is 6.46. The number of ether oxygens (including phenoxy) is 1. The zero-order valence-electron chi connectivity index (χ0n) is 18.6. The molecule has 33 heavy (non-hydrogen) atoms. The minimum atomic E-state index is -0.279. The molecule has 1 aliphatic heterocycles. The topological polar surface area (TPSA) is 45.1 Å². The van der Waals surface area contributed by atoms with Crippen LogP contribution in [0.15, 0.2) is 71.8 Å². The number of anilines is 1. The van der Waals surface area contributed by atoms with Crippen LogP contribution in [0, 0.1) is 0 Å². The zero-order valence-corrected chi connectivity index (χ0v) is 21.1. The van der Waals surface area contributed by atoms with E-state index in [1.807, 2.05) is 49.3 Å². The maximum Gasteiger partial charge on any atom is 0.316 e. The number of hydrogen-bond acceptors (Lipinski definition) is 6. The number of thioether (sulfide) groups is 1. The highest BCUT2D eigenvalue weighted by Crippen LogP contribution is 2.46. The highest BCUT2D eigenvalue weighted by molar-refractivity contribution is 9.18. The SMILES string of the molecule is C[C@@H](OC(=O)CS[C@@H]1N(C)N=C(Br)N1c1ccc(C2CC2)c2ccccc12)c1ccccc1. The van der Waals surface area contributed by atoms with Crippen molar-refractivity contribution in [1.82, 2.24) is 5.01 Å². The zero-order chi connectivity index (χ0) is 22.9. The fraction of sp³-hybridized carbons (Fsp3) is 0.308. The van der Waals surface area contributed by atoms with Gasteiger partial charge in [0.25, 0.3) is 0 Å². The summed E-state index contributed by atoms with van der Waals surface area (Å²) in [6.45, 7) is 1.90. The number of benzene rings is 3. The summed E-state index contributed by atoms with van der Waals surface area (Å²) in [6, 6.07) is 22.8. The molecule has 0 radical (unpaired) electrons. The van der Waals surface area contributed by atoms with Crippen LogP contribution in [-0.2, 0) is 9.53 Å². The molecule has 0 amide bonds. The number of esters is 1. The second-order valence-corrected chi connectivity index (χ2v) is 10.2. The van der Waals surface area contributed by atoms with Crippen molar-refractivity contribution in [2.45, 2.75) is 37.3 Å². The van der Waals surface area contributed by atoms with Gasteiger partial charge in [0, 0.05) is 12.4 Å². The van der Waals surface area contributed by atoms with Crippen LogP contribution < -0.4 is 4.90 Å². The summed E-state index contributed by atoms with van der Waals surface area (Å²) < 4.78 is 6.41. The van der Waals surface area contributed by atoms with E-state index < -0.39 is 0 Å². The summed E-state index contributed by atoms with van der Waals surface area (Å²) in [5.41, 5.74) is 3.34. The number of rotatable bonds is 7. The number of amidine groups is 1. The summed E-state index contributed by atoms with van der Waals surface area (Å²) in [7, 11) is 1.93. The van der Waals surface area contributed by atoms with Gasteiger partial charge in [0.15, 0.2) is 10.2 Å². The van der Waals surface area contributed by atoms with E-state index in [-0.39, 0.29) is 23.3 Å². The molecule has 5 nitrogen and oxygen atoms in total. The van der Waals surface area contributed by atoms with Crippen LogP contribution in [0.4, 0.5) is 5.69 Å². The minimum absolute atomic E-state index is 0.158. The molecule has 7 heteroatoms. The summed E-state index contributed by atoms with van der Waals surface area (Å²) in [5.74, 6) is 0.673. The molecule has 0 bridgehead atoms. The van der Waals surface area contributed by atoms with Gasteiger partial charge in [0.1, 0.15) is 6.10 Å². The van der Waals surface area contributed by atoms with Crippen molar-refractivity contribution in [3.8, 4) is 0 Å². The van der Waals surface area contributed by atoms with Crippen LogP contribution in [0.5, 0.6) is 0 Å². The molecule has 0 saturated heterocycles. The molecule has 0 unspecified atom stereocenters. The van der Waals surface area contributed by atoms with Gasteiger partial charge >= 0.3 is 5.97 Å². The summed E-state index contributed by atoms with van der Waals surface area (Å²) in [5, 5.41) is 8.99. The van der Waals surface area contributed by atoms with E-state index in [2.05, 4.69) is 62.3 Å². The Morgan fingerprint density at radius 2 is 1.79 bits per heavy atom. The maximum absolute atomic E-state index is 12.6. The van der Waals surface area contributed by atoms with Crippen LogP contribution in [0.2, 0.25) is 0 Å². The summed E-state index contributed by atoms with van der Waals surface area (Å²) in [6.07, 6.45) is 2.25. The number of hydrazone groups is 1. The molecule has 2 aliphatic rings. The van der Waals surface area contributed by atoms with Crippen LogP contribution in [0.1, 0.15) is 42.9 Å². The average molecular weight is 524 g/mol. The molecule has 1 aliphatic carbocycles. The van der Waals surface area contributed by atoms with Gasteiger partial charge in [-0.1, -0.05) is 60.7 Å². The first kappa shape index (κ1) is 22.3. The summed E-state index contributed by atoms with van der Waals surface area (Å²) in [4.78, 5) is 14.8. The fourth-order valence-electron chi connectivity index (χ4n) is 4.32. The Morgan fingerprint density at radius 1 is 1.09 bits per heavy atom. The Hall–Kier alpha value is -2.51. The molecule has 0 N–H and O–H groups in total. The van der Waals surface area contributed by atoms with Gasteiger partial charge in [-0.15, -0.1) is 16.9 Å². The van der Waals surface area contributed by atoms with E-state index in [1.54, 1.807) is 0 Å². The lowest BCUT2D eigenvalue weighted by molar-refractivity contribution is -0.145. The highest BCUT2D eigenvalue weighted by Gasteiger charge is 2.35. The molecule has 3 aromatic carbocycles. The van der Waals surface area contributed by atoms with E-state index in [4.69, 9.17) is 4.74 Å². The van der Waals surface area contributed by atoms with E-state index in [1.165, 1.54) is 40.9 Å². The monoisotopic (exact) mass is 523 g/mol. The molecule has 1 saturated carbocycles. The third kappa shape index (κ3) is 4.62. The third-order valence-electron chi connectivity index (χ3n) is 6.12. The van der Waals surface area contributed by atoms with Crippen LogP contribution in [0.3, 0.4) is 0 Å². The second kappa shape index (κ2) is 9.39. The lowest BCUT2D eigenvalue weighted by Gasteiger charge is -2.29. The molecule has 2 atom stereocenters. The van der Waals surface area contributed by atoms with Gasteiger partial charge in [-0.2, -0.15) is 0 Å². The Bertz CT molecular complexity index is 1200. The molecule has 3 aromatic rings. The molecular weight excluding hydrogens is 498 g/mol. The van der Waals surface area contributed by atoms with Crippen molar-refractivity contribution in [3.05, 3.63) is 77.9 Å². The van der Waals surface area contributed by atoms with E-state index in [0.29, 0.717) is 5.92 Å². The van der Waals surface area contributed by atoms with Gasteiger partial charge in [-0.25, -0.2) is 0 Å². The Balaban J connectivity index is 1.34. The van der Waals surface area contributed by atoms with Gasteiger partial charge in [0.2, 0.25) is 0 Å². The lowest BCUT2D eigenvalue weighted by Crippen LogP contribution is -2.38. The molecule has 1 heterocycles. The van der Waals surface area contributed by atoms with Crippen LogP contribution in [-0.4, -0.2) is 34.0 Å². The van der Waals surface area contributed by atoms with Crippen LogP contribution >= 0.6 is 27.7 Å². The van der Waals surface area contributed by atoms with Gasteiger partial charge in [-0.05, 0) is 64.2 Å². The Kier molecular flexibility index (Phi) is 6.34. The highest BCUT2D eigenvalue weighted by atomic mass is 79.9. The van der Waals surface area contributed by atoms with Gasteiger partial charge < -0.3 is 4.74 Å². The Labute approximate surface area is 206 Å². The number of nitrogens with zero attached hydrogens (tertiary/aromatic N) is 3. The molecule has 0 aromatic heterocycles. The molecule has 170 valence electrons. The molecule has 0 spiro atoms. The molecule has 5 rings (SSSR count). The van der Waals surface area contributed by atoms with Crippen molar-refractivity contribution in [2.75, 3.05) is 17.7 Å². The normalized spacial score (nSPS) is 19.0. The third-order valence-corrected chi connectivity index (χ3v) is 7.88. The number of carbonyl (C=O) groups excluding carboxylic acids is 1. The smallest absolute Gasteiger partial charge is 0.316 e. The number of halogens is 1. The van der Waals surface area contributed by atoms with Gasteiger partial charge in [0.05, 0.1) is 11.4 Å². The standard InChI is InChI=1S/C26H26BrN3O2S/c1-17(18-8-4-3-5-9-18)32-24(31)16-33-26-29(2)28-25(27)30(26)23-15-14-20(19-12-13-19)21-10-6-7-11-22(21)23/h3-11,14-15,17,19,26H,12-13,16H2,1-2H3/t17-,26-/m1/s1. The predicted molar refractivity (Wildman–Crippen MR) is 140 cm³/mol. The first-order chi connectivity index (χ1) is 16.0. The average Bonchev–Trinajstić information content (AvgIpc) is 3.62. The summed E-state index contributed by atoms with van der Waals surface area (Å²) >= 11 is 5.16. The first-order valence-electron chi connectivity index (χ1n) is 11.2. The van der Waals surface area contributed by atoms with E-state index >= 15 is 0 Å². The lowest BCUT2D eigenvalue weighted by atomic mass is 9.99. The number of fused-ring (bicyclic) bond motifs is 1. The molecular formula is C26H26BrN3O2S. The minimum Gasteiger partial charge on any atom is -0.457 e. The Morgan fingerprint density at radius 3 is 2.52 bits per heavy atom. The van der Waals surface area contributed by atoms with Crippen molar-refractivity contribution in [2.24, 2.45) is 5.10 Å². The van der Waals surface area contributed by atoms with Gasteiger partial charge in [-0.3, -0.25) is 14.7 Å². The largest absolute Gasteiger partial charge is 0.457 e. The number of carbonyl (C=O) groups is 1. The van der Waals surface area contributed by atoms with Crippen molar-refractivity contribution in [3.63, 3.8) is 0 Å². The van der Waals surface area contributed by atoms with E-state index in [0.717, 1.165) is 16.0 Å². The maximum atomic E-state index is 12.6. The van der Waals surface area contributed by atoms with E-state index in [9.17, 15) is 4.79 Å². The van der Waals surface area contributed by atoms with Crippen LogP contribution in [0.25, 0.3) is 10.8 Å². The van der Waals surface area contributed by atoms with Crippen molar-refractivity contribution < 1.29 is 9.53 Å². The second-order valence-electron chi connectivity index (χ2n) is 8.49. The van der Waals surface area contributed by atoms with Crippen molar-refractivity contribution in [1.29, 1.82) is 0 Å². The number of hydrogen-bond donors (Lipinski definition) is 0. The quantitative estimate of drug-likeness (QED) is 0.262.